The molecule has 29 heavy (non-hydrogen) atoms. The average Bonchev–Trinajstić information content (AvgIpc) is 3.36. The molecule has 3 heterocycles. The minimum absolute atomic E-state index is 0.129. The molecule has 0 atom stereocenters. The lowest BCUT2D eigenvalue weighted by Gasteiger charge is -2.10. The summed E-state index contributed by atoms with van der Waals surface area (Å²) in [4.78, 5) is 21.4. The Bertz CT molecular complexity index is 1130. The largest absolute Gasteiger partial charge is 0.348 e. The first kappa shape index (κ1) is 18.8. The smallest absolute Gasteiger partial charge is 0.252 e. The number of benzene rings is 1. The molecule has 0 radical (unpaired) electrons. The summed E-state index contributed by atoms with van der Waals surface area (Å²) in [5, 5.41) is 12.3. The summed E-state index contributed by atoms with van der Waals surface area (Å²) >= 11 is 0. The highest BCUT2D eigenvalue weighted by molar-refractivity contribution is 6.05. The zero-order valence-electron chi connectivity index (χ0n) is 16.7. The fraction of sp³-hybridized carbons (Fsp3) is 0.286. The molecule has 0 fully saturated rings. The van der Waals surface area contributed by atoms with E-state index < -0.39 is 0 Å². The molecule has 4 rings (SSSR count). The van der Waals surface area contributed by atoms with E-state index >= 15 is 0 Å². The number of aryl methyl sites for hydroxylation is 1. The summed E-state index contributed by atoms with van der Waals surface area (Å²) < 4.78 is 3.61. The van der Waals surface area contributed by atoms with Crippen LogP contribution in [-0.4, -0.2) is 35.4 Å². The number of fused-ring (bicyclic) bond motifs is 1. The molecule has 0 unspecified atom stereocenters. The van der Waals surface area contributed by atoms with Gasteiger partial charge < -0.3 is 5.32 Å². The lowest BCUT2D eigenvalue weighted by Crippen LogP contribution is -2.23. The number of carbonyl (C=O) groups is 1. The number of hydrogen-bond donors (Lipinski definition) is 1. The number of pyridine rings is 1. The van der Waals surface area contributed by atoms with Crippen LogP contribution in [0.5, 0.6) is 0 Å². The van der Waals surface area contributed by atoms with E-state index in [-0.39, 0.29) is 11.9 Å². The van der Waals surface area contributed by atoms with Crippen molar-refractivity contribution in [3.8, 4) is 0 Å². The first-order chi connectivity index (χ1) is 14.0. The van der Waals surface area contributed by atoms with Crippen molar-refractivity contribution in [2.45, 2.75) is 39.9 Å². The lowest BCUT2D eigenvalue weighted by molar-refractivity contribution is 0.0952. The Kier molecular flexibility index (Phi) is 5.07. The van der Waals surface area contributed by atoms with E-state index in [9.17, 15) is 4.79 Å². The zero-order chi connectivity index (χ0) is 20.4. The van der Waals surface area contributed by atoms with Crippen LogP contribution in [0.3, 0.4) is 0 Å². The van der Waals surface area contributed by atoms with Gasteiger partial charge in [-0.05, 0) is 38.0 Å². The maximum absolute atomic E-state index is 12.8. The quantitative estimate of drug-likeness (QED) is 0.548. The van der Waals surface area contributed by atoms with Crippen LogP contribution in [0, 0.1) is 6.92 Å². The van der Waals surface area contributed by atoms with E-state index in [2.05, 4.69) is 25.5 Å². The van der Waals surface area contributed by atoms with Gasteiger partial charge in [0, 0.05) is 18.3 Å². The Morgan fingerprint density at radius 1 is 1.14 bits per heavy atom. The minimum atomic E-state index is -0.129. The second-order valence-corrected chi connectivity index (χ2v) is 7.32. The summed E-state index contributed by atoms with van der Waals surface area (Å²) in [6, 6.07) is 10.1. The van der Waals surface area contributed by atoms with E-state index in [4.69, 9.17) is 0 Å². The molecule has 1 N–H and O–H groups in total. The Balaban J connectivity index is 1.47. The normalized spacial score (nSPS) is 11.3. The van der Waals surface area contributed by atoms with Crippen LogP contribution in [0.1, 0.15) is 47.1 Å². The van der Waals surface area contributed by atoms with Gasteiger partial charge in [-0.2, -0.15) is 10.2 Å². The van der Waals surface area contributed by atoms with Gasteiger partial charge in [-0.15, -0.1) is 0 Å². The summed E-state index contributed by atoms with van der Waals surface area (Å²) in [5.41, 5.74) is 4.28. The van der Waals surface area contributed by atoms with Crippen molar-refractivity contribution >= 4 is 16.9 Å². The molecular weight excluding hydrogens is 366 g/mol. The average molecular weight is 389 g/mol. The molecule has 0 saturated heterocycles. The topological polar surface area (TPSA) is 90.5 Å². The summed E-state index contributed by atoms with van der Waals surface area (Å²) in [6.45, 7) is 7.09. The highest BCUT2D eigenvalue weighted by Gasteiger charge is 2.16. The summed E-state index contributed by atoms with van der Waals surface area (Å²) in [6.07, 6.45) is 4.93. The van der Waals surface area contributed by atoms with Crippen molar-refractivity contribution < 1.29 is 4.79 Å². The fourth-order valence-corrected chi connectivity index (χ4v) is 3.25. The monoisotopic (exact) mass is 389 g/mol. The standard InChI is InChI=1S/C21H23N7O/c1-14(2)28-20-19(10-24-28)18(8-15(3)26-20)21(29)23-9-16-4-6-17(7-5-16)11-27-13-22-12-25-27/h4-8,10,12-14H,9,11H2,1-3H3,(H,23,29). The Morgan fingerprint density at radius 2 is 1.90 bits per heavy atom. The molecule has 1 amide bonds. The van der Waals surface area contributed by atoms with Crippen molar-refractivity contribution in [3.63, 3.8) is 0 Å². The number of amides is 1. The van der Waals surface area contributed by atoms with Gasteiger partial charge in [0.2, 0.25) is 0 Å². The van der Waals surface area contributed by atoms with Crippen molar-refractivity contribution in [3.05, 3.63) is 71.6 Å². The van der Waals surface area contributed by atoms with E-state index in [1.807, 2.05) is 55.8 Å². The molecule has 4 aromatic rings. The molecule has 148 valence electrons. The van der Waals surface area contributed by atoms with E-state index in [1.165, 1.54) is 6.33 Å². The highest BCUT2D eigenvalue weighted by Crippen LogP contribution is 2.21. The van der Waals surface area contributed by atoms with E-state index in [0.29, 0.717) is 18.7 Å². The first-order valence-corrected chi connectivity index (χ1v) is 9.54. The molecule has 0 spiro atoms. The third-order valence-electron chi connectivity index (χ3n) is 4.72. The second kappa shape index (κ2) is 7.83. The number of nitrogens with one attached hydrogen (secondary N) is 1. The molecule has 8 heteroatoms. The van der Waals surface area contributed by atoms with Crippen molar-refractivity contribution in [2.75, 3.05) is 0 Å². The molecule has 8 nitrogen and oxygen atoms in total. The van der Waals surface area contributed by atoms with Crippen molar-refractivity contribution in [1.82, 2.24) is 34.8 Å². The predicted octanol–water partition coefficient (Wildman–Crippen LogP) is 2.89. The van der Waals surface area contributed by atoms with Gasteiger partial charge in [-0.1, -0.05) is 24.3 Å². The van der Waals surface area contributed by atoms with Gasteiger partial charge in [0.1, 0.15) is 12.7 Å². The van der Waals surface area contributed by atoms with Gasteiger partial charge in [0.25, 0.3) is 5.91 Å². The molecule has 0 bridgehead atoms. The van der Waals surface area contributed by atoms with Gasteiger partial charge >= 0.3 is 0 Å². The Hall–Kier alpha value is -3.55. The molecular formula is C21H23N7O. The zero-order valence-corrected chi connectivity index (χ0v) is 16.7. The van der Waals surface area contributed by atoms with Gasteiger partial charge in [-0.3, -0.25) is 4.79 Å². The summed E-state index contributed by atoms with van der Waals surface area (Å²) in [5.74, 6) is -0.129. The van der Waals surface area contributed by atoms with Crippen LogP contribution in [0.4, 0.5) is 0 Å². The SMILES string of the molecule is Cc1cc(C(=O)NCc2ccc(Cn3cncn3)cc2)c2cnn(C(C)C)c2n1. The molecule has 0 aliphatic rings. The Morgan fingerprint density at radius 3 is 2.59 bits per heavy atom. The van der Waals surface area contributed by atoms with Crippen molar-refractivity contribution in [1.29, 1.82) is 0 Å². The molecule has 0 saturated carbocycles. The van der Waals surface area contributed by atoms with Crippen LogP contribution < -0.4 is 5.32 Å². The number of nitrogens with zero attached hydrogens (tertiary/aromatic N) is 6. The van der Waals surface area contributed by atoms with Gasteiger partial charge in [0.05, 0.1) is 23.7 Å². The predicted molar refractivity (Wildman–Crippen MR) is 109 cm³/mol. The maximum atomic E-state index is 12.8. The number of aromatic nitrogens is 6. The van der Waals surface area contributed by atoms with Crippen LogP contribution in [0.15, 0.2) is 49.2 Å². The molecule has 3 aromatic heterocycles. The number of carbonyl (C=O) groups excluding carboxylic acids is 1. The van der Waals surface area contributed by atoms with Crippen LogP contribution in [0.2, 0.25) is 0 Å². The lowest BCUT2D eigenvalue weighted by atomic mass is 10.1. The van der Waals surface area contributed by atoms with Crippen LogP contribution in [-0.2, 0) is 13.1 Å². The molecule has 0 aliphatic carbocycles. The Labute approximate surface area is 168 Å². The molecule has 0 aliphatic heterocycles. The fourth-order valence-electron chi connectivity index (χ4n) is 3.25. The maximum Gasteiger partial charge on any atom is 0.252 e. The van der Waals surface area contributed by atoms with Crippen LogP contribution in [0.25, 0.3) is 11.0 Å². The van der Waals surface area contributed by atoms with Gasteiger partial charge in [0.15, 0.2) is 5.65 Å². The highest BCUT2D eigenvalue weighted by atomic mass is 16.1. The van der Waals surface area contributed by atoms with Gasteiger partial charge in [-0.25, -0.2) is 19.3 Å². The summed E-state index contributed by atoms with van der Waals surface area (Å²) in [7, 11) is 0. The number of hydrogen-bond acceptors (Lipinski definition) is 5. The van der Waals surface area contributed by atoms with Crippen molar-refractivity contribution in [2.24, 2.45) is 0 Å². The first-order valence-electron chi connectivity index (χ1n) is 9.54. The molecule has 1 aromatic carbocycles. The third-order valence-corrected chi connectivity index (χ3v) is 4.72. The minimum Gasteiger partial charge on any atom is -0.348 e. The van der Waals surface area contributed by atoms with Crippen LogP contribution >= 0.6 is 0 Å². The number of rotatable bonds is 6. The van der Waals surface area contributed by atoms with E-state index in [0.717, 1.165) is 27.9 Å². The third kappa shape index (κ3) is 4.01. The van der Waals surface area contributed by atoms with E-state index in [1.54, 1.807) is 17.2 Å². The second-order valence-electron chi connectivity index (χ2n) is 7.32.